The Morgan fingerprint density at radius 3 is 3.00 bits per heavy atom. The van der Waals surface area contributed by atoms with E-state index in [0.29, 0.717) is 6.04 Å². The third-order valence-electron chi connectivity index (χ3n) is 2.01. The quantitative estimate of drug-likeness (QED) is 0.571. The lowest BCUT2D eigenvalue weighted by Crippen LogP contribution is -2.25. The highest BCUT2D eigenvalue weighted by Crippen LogP contribution is 1.93. The van der Waals surface area contributed by atoms with Gasteiger partial charge in [-0.25, -0.2) is 0 Å². The molecule has 0 saturated heterocycles. The van der Waals surface area contributed by atoms with Crippen molar-refractivity contribution in [1.29, 1.82) is 0 Å². The molecule has 3 heteroatoms. The van der Waals surface area contributed by atoms with E-state index in [9.17, 15) is 0 Å². The van der Waals surface area contributed by atoms with Crippen LogP contribution in [0, 0.1) is 0 Å². The molecule has 74 valence electrons. The lowest BCUT2D eigenvalue weighted by molar-refractivity contribution is 0.588. The lowest BCUT2D eigenvalue weighted by atomic mass is 10.2. The van der Waals surface area contributed by atoms with Crippen LogP contribution in [0.5, 0.6) is 0 Å². The molecule has 3 nitrogen and oxygen atoms in total. The number of hydrogen-bond donors (Lipinski definition) is 3. The molecule has 1 aromatic rings. The minimum atomic E-state index is 0.304. The molecule has 1 heterocycles. The van der Waals surface area contributed by atoms with Gasteiger partial charge in [-0.1, -0.05) is 0 Å². The first-order chi connectivity index (χ1) is 6.29. The fourth-order valence-electron chi connectivity index (χ4n) is 1.20. The van der Waals surface area contributed by atoms with Crippen LogP contribution in [0.1, 0.15) is 19.0 Å². The molecule has 1 atom stereocenters. The summed E-state index contributed by atoms with van der Waals surface area (Å²) >= 11 is 0. The standard InChI is InChI=1S/C10H19N3/c1-9(11)4-7-12-8-5-10-3-2-6-13-10/h2-3,6,9,12-13H,4-5,7-8,11H2,1H3. The Labute approximate surface area is 79.7 Å². The lowest BCUT2D eigenvalue weighted by Gasteiger charge is -2.05. The maximum absolute atomic E-state index is 5.62. The summed E-state index contributed by atoms with van der Waals surface area (Å²) in [6, 6.07) is 4.43. The molecule has 0 amide bonds. The third-order valence-corrected chi connectivity index (χ3v) is 2.01. The number of aromatic nitrogens is 1. The summed E-state index contributed by atoms with van der Waals surface area (Å²) in [6.07, 6.45) is 4.06. The molecule has 1 unspecified atom stereocenters. The van der Waals surface area contributed by atoms with E-state index in [1.54, 1.807) is 0 Å². The van der Waals surface area contributed by atoms with Crippen LogP contribution < -0.4 is 11.1 Å². The van der Waals surface area contributed by atoms with E-state index in [0.717, 1.165) is 25.9 Å². The molecule has 0 aliphatic carbocycles. The van der Waals surface area contributed by atoms with Crippen LogP contribution >= 0.6 is 0 Å². The van der Waals surface area contributed by atoms with Gasteiger partial charge in [-0.2, -0.15) is 0 Å². The van der Waals surface area contributed by atoms with Crippen molar-refractivity contribution < 1.29 is 0 Å². The molecule has 0 bridgehead atoms. The number of nitrogens with one attached hydrogen (secondary N) is 2. The maximum atomic E-state index is 5.62. The van der Waals surface area contributed by atoms with Gasteiger partial charge < -0.3 is 16.0 Å². The summed E-state index contributed by atoms with van der Waals surface area (Å²) in [5.74, 6) is 0. The predicted octanol–water partition coefficient (Wildman–Crippen LogP) is 0.884. The first kappa shape index (κ1) is 10.3. The molecule has 0 aromatic carbocycles. The van der Waals surface area contributed by atoms with Crippen molar-refractivity contribution in [3.05, 3.63) is 24.0 Å². The zero-order chi connectivity index (χ0) is 9.52. The minimum absolute atomic E-state index is 0.304. The summed E-state index contributed by atoms with van der Waals surface area (Å²) in [4.78, 5) is 3.17. The van der Waals surface area contributed by atoms with Crippen LogP contribution in [0.15, 0.2) is 18.3 Å². The topological polar surface area (TPSA) is 53.8 Å². The van der Waals surface area contributed by atoms with Gasteiger partial charge in [0.05, 0.1) is 0 Å². The van der Waals surface area contributed by atoms with Crippen LogP contribution in [0.4, 0.5) is 0 Å². The Bertz CT molecular complexity index is 204. The molecule has 4 N–H and O–H groups in total. The molecule has 0 saturated carbocycles. The highest BCUT2D eigenvalue weighted by Gasteiger charge is 1.94. The van der Waals surface area contributed by atoms with Crippen molar-refractivity contribution >= 4 is 0 Å². The number of H-pyrrole nitrogens is 1. The van der Waals surface area contributed by atoms with E-state index in [4.69, 9.17) is 5.73 Å². The van der Waals surface area contributed by atoms with Crippen LogP contribution in [0.3, 0.4) is 0 Å². The van der Waals surface area contributed by atoms with Crippen molar-refractivity contribution in [2.45, 2.75) is 25.8 Å². The van der Waals surface area contributed by atoms with Crippen LogP contribution in [-0.2, 0) is 6.42 Å². The Balaban J connectivity index is 1.96. The summed E-state index contributed by atoms with van der Waals surface area (Å²) in [5.41, 5.74) is 6.91. The molecule has 0 aliphatic rings. The fraction of sp³-hybridized carbons (Fsp3) is 0.600. The molecule has 1 aromatic heterocycles. The summed E-state index contributed by atoms with van der Waals surface area (Å²) in [5, 5.41) is 3.36. The van der Waals surface area contributed by atoms with E-state index in [2.05, 4.69) is 16.4 Å². The molecule has 1 rings (SSSR count). The number of aromatic amines is 1. The normalized spacial score (nSPS) is 13.1. The van der Waals surface area contributed by atoms with Gasteiger partial charge in [0.25, 0.3) is 0 Å². The van der Waals surface area contributed by atoms with E-state index in [1.165, 1.54) is 5.69 Å². The Kier molecular flexibility index (Phi) is 4.57. The number of hydrogen-bond acceptors (Lipinski definition) is 2. The average Bonchev–Trinajstić information content (AvgIpc) is 2.55. The van der Waals surface area contributed by atoms with E-state index < -0.39 is 0 Å². The zero-order valence-corrected chi connectivity index (χ0v) is 8.22. The maximum Gasteiger partial charge on any atom is 0.0159 e. The van der Waals surface area contributed by atoms with Gasteiger partial charge in [-0.15, -0.1) is 0 Å². The van der Waals surface area contributed by atoms with Gasteiger partial charge in [0, 0.05) is 24.5 Å². The second-order valence-electron chi connectivity index (χ2n) is 3.46. The van der Waals surface area contributed by atoms with Crippen molar-refractivity contribution in [3.8, 4) is 0 Å². The Morgan fingerprint density at radius 2 is 2.38 bits per heavy atom. The van der Waals surface area contributed by atoms with Crippen LogP contribution in [0.25, 0.3) is 0 Å². The summed E-state index contributed by atoms with van der Waals surface area (Å²) in [7, 11) is 0. The first-order valence-electron chi connectivity index (χ1n) is 4.87. The van der Waals surface area contributed by atoms with Gasteiger partial charge in [0.1, 0.15) is 0 Å². The van der Waals surface area contributed by atoms with Gasteiger partial charge in [-0.3, -0.25) is 0 Å². The highest BCUT2D eigenvalue weighted by atomic mass is 14.9. The number of nitrogens with two attached hydrogens (primary N) is 1. The third kappa shape index (κ3) is 4.70. The predicted molar refractivity (Wildman–Crippen MR) is 55.6 cm³/mol. The first-order valence-corrected chi connectivity index (χ1v) is 4.87. The molecular weight excluding hydrogens is 162 g/mol. The highest BCUT2D eigenvalue weighted by molar-refractivity contribution is 5.03. The largest absolute Gasteiger partial charge is 0.365 e. The molecular formula is C10H19N3. The Hall–Kier alpha value is -0.800. The minimum Gasteiger partial charge on any atom is -0.365 e. The van der Waals surface area contributed by atoms with E-state index in [1.807, 2.05) is 19.2 Å². The SMILES string of the molecule is CC(N)CCNCCc1ccc[nH]1. The fourth-order valence-corrected chi connectivity index (χ4v) is 1.20. The molecule has 0 aliphatic heterocycles. The zero-order valence-electron chi connectivity index (χ0n) is 8.22. The van der Waals surface area contributed by atoms with E-state index >= 15 is 0 Å². The van der Waals surface area contributed by atoms with Crippen molar-refractivity contribution in [3.63, 3.8) is 0 Å². The monoisotopic (exact) mass is 181 g/mol. The summed E-state index contributed by atoms with van der Waals surface area (Å²) < 4.78 is 0. The van der Waals surface area contributed by atoms with Crippen LogP contribution in [0.2, 0.25) is 0 Å². The van der Waals surface area contributed by atoms with Crippen LogP contribution in [-0.4, -0.2) is 24.1 Å². The smallest absolute Gasteiger partial charge is 0.0159 e. The van der Waals surface area contributed by atoms with E-state index in [-0.39, 0.29) is 0 Å². The molecule has 13 heavy (non-hydrogen) atoms. The average molecular weight is 181 g/mol. The number of rotatable bonds is 6. The Morgan fingerprint density at radius 1 is 1.54 bits per heavy atom. The van der Waals surface area contributed by atoms with Gasteiger partial charge in [0.15, 0.2) is 0 Å². The second kappa shape index (κ2) is 5.78. The molecule has 0 spiro atoms. The molecule has 0 fully saturated rings. The van der Waals surface area contributed by atoms with Gasteiger partial charge >= 0.3 is 0 Å². The van der Waals surface area contributed by atoms with Gasteiger partial charge in [0.2, 0.25) is 0 Å². The second-order valence-corrected chi connectivity index (χ2v) is 3.46. The summed E-state index contributed by atoms with van der Waals surface area (Å²) in [6.45, 7) is 4.07. The molecule has 0 radical (unpaired) electrons. The van der Waals surface area contributed by atoms with Crippen molar-refractivity contribution in [2.75, 3.05) is 13.1 Å². The van der Waals surface area contributed by atoms with Crippen molar-refractivity contribution in [1.82, 2.24) is 10.3 Å². The van der Waals surface area contributed by atoms with Gasteiger partial charge in [-0.05, 0) is 38.4 Å². The van der Waals surface area contributed by atoms with Crippen molar-refractivity contribution in [2.24, 2.45) is 5.73 Å².